The standard InChI is InChI=1S/C50H66N6O15/c1-11-55(42-26-43(64-10)39(25-41(42)54(8)9)49-37-19-17-35(51-5)23-44(37)71-45-24-36(53(6)7)18-20-38(45)49)22-14-16-46(60)52-21-13-12-15-40(50(63)70-31-67-34(4)59)56(27-47(61)68-29-65-32(2)57)28-48(62)69-30-66-33(3)58/h17-20,23-26,40H,11-16,21-22,27-31H2,1-10H3,(H,52,60). The van der Waals surface area contributed by atoms with Gasteiger partial charge >= 0.3 is 35.8 Å². The average Bonchev–Trinajstić information content (AvgIpc) is 3.31. The Morgan fingerprint density at radius 3 is 1.90 bits per heavy atom. The van der Waals surface area contributed by atoms with Crippen LogP contribution in [0.25, 0.3) is 33.4 Å². The molecule has 0 saturated heterocycles. The SMILES string of the molecule is CCN(CCCC(=O)NCCCCC(C(=O)OCOC(C)=O)N(CC(=O)OCOC(C)=O)CC(=O)OCOC(C)=O)c1cc(OC)c(-c2c3ccc(=NC)cc-3oc3cc(N(C)C)ccc23)cc1N(C)C. The van der Waals surface area contributed by atoms with Crippen LogP contribution in [0.5, 0.6) is 5.75 Å². The van der Waals surface area contributed by atoms with E-state index in [2.05, 4.69) is 54.7 Å². The minimum atomic E-state index is -1.29. The Morgan fingerprint density at radius 2 is 1.34 bits per heavy atom. The van der Waals surface area contributed by atoms with Gasteiger partial charge in [0.1, 0.15) is 23.1 Å². The number of unbranched alkanes of at least 4 members (excludes halogenated alkanes) is 1. The molecule has 0 aromatic heterocycles. The van der Waals surface area contributed by atoms with Gasteiger partial charge in [-0.1, -0.05) is 0 Å². The van der Waals surface area contributed by atoms with Gasteiger partial charge in [-0.05, 0) is 62.9 Å². The number of fused-ring (bicyclic) bond motifs is 2. The van der Waals surface area contributed by atoms with Crippen LogP contribution in [0, 0.1) is 0 Å². The Balaban J connectivity index is 1.46. The van der Waals surface area contributed by atoms with Gasteiger partial charge in [0.2, 0.25) is 26.3 Å². The maximum atomic E-state index is 13.3. The molecule has 0 radical (unpaired) electrons. The van der Waals surface area contributed by atoms with Crippen molar-refractivity contribution in [3.8, 4) is 28.2 Å². The van der Waals surface area contributed by atoms with E-state index in [0.717, 1.165) is 75.8 Å². The fourth-order valence-electron chi connectivity index (χ4n) is 7.54. The number of esters is 6. The molecule has 1 unspecified atom stereocenters. The number of amides is 1. The monoisotopic (exact) mass is 990 g/mol. The molecule has 0 spiro atoms. The first-order valence-corrected chi connectivity index (χ1v) is 23.0. The smallest absolute Gasteiger partial charge is 0.326 e. The number of hydrogen-bond acceptors (Lipinski definition) is 20. The number of methoxy groups -OCH3 is 1. The second-order valence-corrected chi connectivity index (χ2v) is 16.6. The van der Waals surface area contributed by atoms with Crippen LogP contribution in [-0.2, 0) is 62.0 Å². The van der Waals surface area contributed by atoms with E-state index in [9.17, 15) is 33.6 Å². The average molecular weight is 991 g/mol. The number of carbonyl (C=O) groups excluding carboxylic acids is 7. The van der Waals surface area contributed by atoms with E-state index in [1.54, 1.807) is 14.2 Å². The van der Waals surface area contributed by atoms with Crippen molar-refractivity contribution in [2.45, 2.75) is 65.8 Å². The molecule has 21 heteroatoms. The van der Waals surface area contributed by atoms with Gasteiger partial charge in [-0.3, -0.25) is 43.5 Å². The van der Waals surface area contributed by atoms with E-state index in [4.69, 9.17) is 28.1 Å². The molecule has 4 rings (SSSR count). The molecule has 2 aromatic rings. The second kappa shape index (κ2) is 27.7. The number of carbonyl (C=O) groups is 7. The summed E-state index contributed by atoms with van der Waals surface area (Å²) in [6.07, 6.45) is 1.42. The molecule has 1 N–H and O–H groups in total. The molecule has 386 valence electrons. The van der Waals surface area contributed by atoms with Crippen LogP contribution in [-0.4, -0.2) is 148 Å². The number of hydrogen-bond donors (Lipinski definition) is 1. The molecule has 0 fully saturated rings. The minimum absolute atomic E-state index is 0.00456. The van der Waals surface area contributed by atoms with Crippen molar-refractivity contribution in [2.24, 2.45) is 4.99 Å². The quantitative estimate of drug-likeness (QED) is 0.0282. The summed E-state index contributed by atoms with van der Waals surface area (Å²) in [4.78, 5) is 97.4. The molecule has 1 amide bonds. The van der Waals surface area contributed by atoms with Crippen molar-refractivity contribution in [1.82, 2.24) is 10.2 Å². The fraction of sp³-hybridized carbons (Fsp3) is 0.480. The number of anilines is 3. The predicted octanol–water partition coefficient (Wildman–Crippen LogP) is 4.63. The molecular formula is C50H66N6O15. The maximum Gasteiger partial charge on any atom is 0.326 e. The van der Waals surface area contributed by atoms with Gasteiger partial charge in [0.15, 0.2) is 0 Å². The zero-order chi connectivity index (χ0) is 52.2. The molecule has 1 heterocycles. The number of ether oxygens (including phenoxy) is 7. The van der Waals surface area contributed by atoms with Gasteiger partial charge in [-0.2, -0.15) is 0 Å². The lowest BCUT2D eigenvalue weighted by Gasteiger charge is -2.30. The van der Waals surface area contributed by atoms with Crippen LogP contribution in [0.2, 0.25) is 0 Å². The third-order valence-corrected chi connectivity index (χ3v) is 11.1. The first-order chi connectivity index (χ1) is 33.9. The van der Waals surface area contributed by atoms with Gasteiger partial charge in [-0.25, -0.2) is 0 Å². The van der Waals surface area contributed by atoms with Crippen LogP contribution in [0.4, 0.5) is 17.1 Å². The Hall–Kier alpha value is -7.42. The number of benzene rings is 3. The Kier molecular flexibility index (Phi) is 21.9. The summed E-state index contributed by atoms with van der Waals surface area (Å²) in [5.74, 6) is -3.84. The zero-order valence-electron chi connectivity index (χ0n) is 42.2. The lowest BCUT2D eigenvalue weighted by atomic mass is 9.92. The van der Waals surface area contributed by atoms with Gasteiger partial charge in [0.05, 0.1) is 36.9 Å². The molecule has 1 aliphatic carbocycles. The highest BCUT2D eigenvalue weighted by Gasteiger charge is 2.32. The van der Waals surface area contributed by atoms with Crippen LogP contribution in [0.3, 0.4) is 0 Å². The third-order valence-electron chi connectivity index (χ3n) is 11.1. The Bertz CT molecular complexity index is 2510. The van der Waals surface area contributed by atoms with Gasteiger partial charge in [0.25, 0.3) is 0 Å². The summed E-state index contributed by atoms with van der Waals surface area (Å²) in [7, 11) is 11.3. The molecule has 1 atom stereocenters. The lowest BCUT2D eigenvalue weighted by Crippen LogP contribution is -2.48. The fourth-order valence-corrected chi connectivity index (χ4v) is 7.54. The first-order valence-electron chi connectivity index (χ1n) is 23.0. The van der Waals surface area contributed by atoms with Crippen molar-refractivity contribution in [1.29, 1.82) is 0 Å². The number of nitrogens with zero attached hydrogens (tertiary/aromatic N) is 5. The van der Waals surface area contributed by atoms with E-state index in [1.807, 2.05) is 63.4 Å². The van der Waals surface area contributed by atoms with E-state index < -0.39 is 75.3 Å². The predicted molar refractivity (Wildman–Crippen MR) is 262 cm³/mol. The van der Waals surface area contributed by atoms with E-state index >= 15 is 0 Å². The second-order valence-electron chi connectivity index (χ2n) is 16.6. The highest BCUT2D eigenvalue weighted by Crippen LogP contribution is 2.47. The van der Waals surface area contributed by atoms with E-state index in [-0.39, 0.29) is 25.3 Å². The molecule has 0 bridgehead atoms. The topological polar surface area (TPSA) is 235 Å². The van der Waals surface area contributed by atoms with E-state index in [0.29, 0.717) is 43.9 Å². The molecule has 71 heavy (non-hydrogen) atoms. The van der Waals surface area contributed by atoms with Gasteiger partial charge in [-0.15, -0.1) is 0 Å². The third kappa shape index (κ3) is 16.9. The largest absolute Gasteiger partial charge is 0.496 e. The molecule has 2 aromatic carbocycles. The number of rotatable bonds is 27. The summed E-state index contributed by atoms with van der Waals surface area (Å²) in [5, 5.41) is 4.64. The normalized spacial score (nSPS) is 11.7. The summed E-state index contributed by atoms with van der Waals surface area (Å²) < 4.78 is 41.7. The van der Waals surface area contributed by atoms with Crippen LogP contribution < -0.4 is 30.1 Å². The summed E-state index contributed by atoms with van der Waals surface area (Å²) in [6.45, 7) is 3.35. The molecular weight excluding hydrogens is 925 g/mol. The van der Waals surface area contributed by atoms with E-state index in [1.165, 1.54) is 0 Å². The summed E-state index contributed by atoms with van der Waals surface area (Å²) in [6, 6.07) is 15.0. The molecule has 1 aliphatic heterocycles. The Morgan fingerprint density at radius 1 is 0.704 bits per heavy atom. The Labute approximate surface area is 413 Å². The number of nitrogens with one attached hydrogen (secondary N) is 1. The summed E-state index contributed by atoms with van der Waals surface area (Å²) >= 11 is 0. The van der Waals surface area contributed by atoms with Crippen LogP contribution >= 0.6 is 0 Å². The highest BCUT2D eigenvalue weighted by molar-refractivity contribution is 6.05. The maximum absolute atomic E-state index is 13.3. The first kappa shape index (κ1) is 56.2. The molecule has 2 aliphatic rings. The zero-order valence-corrected chi connectivity index (χ0v) is 42.2. The van der Waals surface area contributed by atoms with Gasteiger partial charge in [0, 0.05) is 128 Å². The highest BCUT2D eigenvalue weighted by atomic mass is 16.7. The van der Waals surface area contributed by atoms with Crippen LogP contribution in [0.1, 0.15) is 59.8 Å². The van der Waals surface area contributed by atoms with Crippen molar-refractivity contribution in [2.75, 3.05) is 110 Å². The van der Waals surface area contributed by atoms with Crippen molar-refractivity contribution in [3.63, 3.8) is 0 Å². The van der Waals surface area contributed by atoms with Gasteiger partial charge < -0.3 is 57.6 Å². The lowest BCUT2D eigenvalue weighted by molar-refractivity contribution is -0.172. The van der Waals surface area contributed by atoms with Crippen LogP contribution in [0.15, 0.2) is 57.9 Å². The van der Waals surface area contributed by atoms with Crippen molar-refractivity contribution in [3.05, 3.63) is 53.9 Å². The minimum Gasteiger partial charge on any atom is -0.496 e. The molecule has 21 nitrogen and oxygen atoms in total. The van der Waals surface area contributed by atoms with Crippen molar-refractivity contribution >= 4 is 69.8 Å². The summed E-state index contributed by atoms with van der Waals surface area (Å²) in [5.41, 5.74) is 6.34. The molecule has 0 saturated carbocycles. The van der Waals surface area contributed by atoms with Crippen molar-refractivity contribution < 1.29 is 71.1 Å².